The first-order chi connectivity index (χ1) is 11.2. The van der Waals surface area contributed by atoms with Crippen LogP contribution >= 0.6 is 35.7 Å². The molecule has 24 heavy (non-hydrogen) atoms. The molecule has 0 aromatic heterocycles. The molecule has 0 saturated carbocycles. The lowest BCUT2D eigenvalue weighted by molar-refractivity contribution is 0.0992. The number of fused-ring (bicyclic) bond motifs is 2. The van der Waals surface area contributed by atoms with Crippen molar-refractivity contribution >= 4 is 41.7 Å². The molecule has 7 heteroatoms. The maximum atomic E-state index is 12.8. The highest BCUT2D eigenvalue weighted by atomic mass is 127. The van der Waals surface area contributed by atoms with Crippen LogP contribution in [0.4, 0.5) is 4.39 Å². The summed E-state index contributed by atoms with van der Waals surface area (Å²) in [6, 6.07) is 7.05. The van der Waals surface area contributed by atoms with Crippen molar-refractivity contribution < 1.29 is 9.13 Å². The summed E-state index contributed by atoms with van der Waals surface area (Å²) in [7, 11) is 1.80. The van der Waals surface area contributed by atoms with Crippen molar-refractivity contribution in [2.24, 2.45) is 4.99 Å². The van der Waals surface area contributed by atoms with Gasteiger partial charge in [-0.2, -0.15) is 0 Å². The van der Waals surface area contributed by atoms with Gasteiger partial charge in [-0.1, -0.05) is 0 Å². The summed E-state index contributed by atoms with van der Waals surface area (Å²) in [5, 5.41) is 6.84. The lowest BCUT2D eigenvalue weighted by atomic mass is 9.96. The molecule has 2 bridgehead atoms. The number of ether oxygens (including phenoxy) is 1. The summed E-state index contributed by atoms with van der Waals surface area (Å²) < 4.78 is 18.7. The van der Waals surface area contributed by atoms with E-state index in [-0.39, 0.29) is 29.8 Å². The van der Waals surface area contributed by atoms with Crippen LogP contribution in [0.2, 0.25) is 0 Å². The third kappa shape index (κ3) is 5.49. The number of hydrogen-bond acceptors (Lipinski definition) is 3. The van der Waals surface area contributed by atoms with Crippen molar-refractivity contribution in [3.63, 3.8) is 0 Å². The number of thioether (sulfide) groups is 1. The Morgan fingerprint density at radius 2 is 2.12 bits per heavy atom. The van der Waals surface area contributed by atoms with Crippen LogP contribution in [0.3, 0.4) is 0 Å². The lowest BCUT2D eigenvalue weighted by Crippen LogP contribution is -2.47. The fourth-order valence-corrected chi connectivity index (χ4v) is 4.01. The zero-order valence-electron chi connectivity index (χ0n) is 13.8. The Morgan fingerprint density at radius 3 is 2.75 bits per heavy atom. The Bertz CT molecular complexity index is 543. The molecule has 0 aliphatic carbocycles. The second-order valence-electron chi connectivity index (χ2n) is 6.02. The largest absolute Gasteiger partial charge is 0.373 e. The standard InChI is InChI=1S/C17H24FN3OS.HI/c1-19-17(21-15-11-13-5-8-16(15)22-13)20-9-2-10-23-14-6-3-12(18)4-7-14;/h3-4,6-7,13,15-16H,2,5,8-11H2,1H3,(H2,19,20,21);1H. The van der Waals surface area contributed by atoms with Gasteiger partial charge in [0.25, 0.3) is 0 Å². The Morgan fingerprint density at radius 1 is 1.33 bits per heavy atom. The molecule has 2 aliphatic rings. The van der Waals surface area contributed by atoms with E-state index in [1.807, 2.05) is 12.1 Å². The van der Waals surface area contributed by atoms with E-state index >= 15 is 0 Å². The van der Waals surface area contributed by atoms with Crippen molar-refractivity contribution in [3.8, 4) is 0 Å². The molecule has 2 saturated heterocycles. The Kier molecular flexibility index (Phi) is 8.09. The van der Waals surface area contributed by atoms with Crippen LogP contribution in [0, 0.1) is 5.82 Å². The van der Waals surface area contributed by atoms with Crippen molar-refractivity contribution in [3.05, 3.63) is 30.1 Å². The molecule has 4 nitrogen and oxygen atoms in total. The van der Waals surface area contributed by atoms with Crippen LogP contribution < -0.4 is 10.6 Å². The Hall–Kier alpha value is -0.540. The number of nitrogens with one attached hydrogen (secondary N) is 2. The molecule has 2 aliphatic heterocycles. The maximum Gasteiger partial charge on any atom is 0.191 e. The number of aliphatic imine (C=N–C) groups is 1. The van der Waals surface area contributed by atoms with Gasteiger partial charge in [0, 0.05) is 18.5 Å². The molecular weight excluding hydrogens is 440 g/mol. The number of hydrogen-bond donors (Lipinski definition) is 2. The normalized spacial score (nSPS) is 25.4. The van der Waals surface area contributed by atoms with E-state index in [0.717, 1.165) is 42.4 Å². The average Bonchev–Trinajstić information content (AvgIpc) is 3.18. The predicted molar refractivity (Wildman–Crippen MR) is 108 cm³/mol. The second kappa shape index (κ2) is 9.82. The first-order valence-corrected chi connectivity index (χ1v) is 9.24. The van der Waals surface area contributed by atoms with Gasteiger partial charge < -0.3 is 15.4 Å². The van der Waals surface area contributed by atoms with Gasteiger partial charge in [-0.25, -0.2) is 4.39 Å². The monoisotopic (exact) mass is 465 g/mol. The van der Waals surface area contributed by atoms with E-state index in [9.17, 15) is 4.39 Å². The summed E-state index contributed by atoms with van der Waals surface area (Å²) in [4.78, 5) is 5.40. The number of benzene rings is 1. The van der Waals surface area contributed by atoms with Crippen LogP contribution in [-0.4, -0.2) is 43.6 Å². The molecule has 0 amide bonds. The topological polar surface area (TPSA) is 45.7 Å². The summed E-state index contributed by atoms with van der Waals surface area (Å²) in [5.74, 6) is 1.67. The van der Waals surface area contributed by atoms with Gasteiger partial charge in [0.2, 0.25) is 0 Å². The Labute approximate surface area is 164 Å². The zero-order valence-corrected chi connectivity index (χ0v) is 17.0. The highest BCUT2D eigenvalue weighted by Gasteiger charge is 2.41. The van der Waals surface area contributed by atoms with Crippen molar-refractivity contribution in [2.45, 2.75) is 48.8 Å². The van der Waals surface area contributed by atoms with Gasteiger partial charge >= 0.3 is 0 Å². The SMILES string of the molecule is CN=C(NCCCSc1ccc(F)cc1)NC1CC2CCC1O2.I. The zero-order chi connectivity index (χ0) is 16.1. The molecule has 2 N–H and O–H groups in total. The van der Waals surface area contributed by atoms with Crippen LogP contribution in [0.5, 0.6) is 0 Å². The van der Waals surface area contributed by atoms with Gasteiger partial charge in [0.05, 0.1) is 18.2 Å². The summed E-state index contributed by atoms with van der Waals surface area (Å²) >= 11 is 1.74. The molecule has 0 radical (unpaired) electrons. The van der Waals surface area contributed by atoms with E-state index in [4.69, 9.17) is 4.74 Å². The molecular formula is C17H25FIN3OS. The summed E-state index contributed by atoms with van der Waals surface area (Å²) in [6.07, 6.45) is 5.28. The van der Waals surface area contributed by atoms with Gasteiger partial charge in [-0.15, -0.1) is 35.7 Å². The first kappa shape index (κ1) is 19.8. The van der Waals surface area contributed by atoms with Crippen LogP contribution in [0.1, 0.15) is 25.7 Å². The number of rotatable bonds is 6. The predicted octanol–water partition coefficient (Wildman–Crippen LogP) is 3.41. The van der Waals surface area contributed by atoms with E-state index in [1.165, 1.54) is 18.6 Å². The van der Waals surface area contributed by atoms with Crippen molar-refractivity contribution in [1.29, 1.82) is 0 Å². The third-order valence-electron chi connectivity index (χ3n) is 4.35. The molecule has 2 heterocycles. The minimum Gasteiger partial charge on any atom is -0.373 e. The molecule has 3 unspecified atom stereocenters. The van der Waals surface area contributed by atoms with Crippen LogP contribution in [-0.2, 0) is 4.74 Å². The molecule has 134 valence electrons. The van der Waals surface area contributed by atoms with E-state index in [1.54, 1.807) is 18.8 Å². The molecule has 1 aromatic carbocycles. The number of halogens is 2. The summed E-state index contributed by atoms with van der Waals surface area (Å²) in [6.45, 7) is 0.871. The minimum absolute atomic E-state index is 0. The summed E-state index contributed by atoms with van der Waals surface area (Å²) in [5.41, 5.74) is 0. The molecule has 3 rings (SSSR count). The van der Waals surface area contributed by atoms with Gasteiger partial charge in [0.15, 0.2) is 5.96 Å². The lowest BCUT2D eigenvalue weighted by Gasteiger charge is -2.22. The van der Waals surface area contributed by atoms with E-state index in [2.05, 4.69) is 15.6 Å². The van der Waals surface area contributed by atoms with E-state index < -0.39 is 0 Å². The van der Waals surface area contributed by atoms with Crippen LogP contribution in [0.25, 0.3) is 0 Å². The molecule has 3 atom stereocenters. The average molecular weight is 465 g/mol. The number of nitrogens with zero attached hydrogens (tertiary/aromatic N) is 1. The highest BCUT2D eigenvalue weighted by molar-refractivity contribution is 14.0. The first-order valence-electron chi connectivity index (χ1n) is 8.25. The maximum absolute atomic E-state index is 12.8. The smallest absolute Gasteiger partial charge is 0.191 e. The van der Waals surface area contributed by atoms with Crippen molar-refractivity contribution in [2.75, 3.05) is 19.3 Å². The quantitative estimate of drug-likeness (QED) is 0.222. The van der Waals surface area contributed by atoms with E-state index in [0.29, 0.717) is 18.2 Å². The fraction of sp³-hybridized carbons (Fsp3) is 0.588. The molecule has 0 spiro atoms. The molecule has 2 fully saturated rings. The third-order valence-corrected chi connectivity index (χ3v) is 5.45. The fourth-order valence-electron chi connectivity index (χ4n) is 3.16. The number of guanidine groups is 1. The van der Waals surface area contributed by atoms with Gasteiger partial charge in [0.1, 0.15) is 5.82 Å². The Balaban J connectivity index is 0.00000208. The van der Waals surface area contributed by atoms with Gasteiger partial charge in [-0.05, 0) is 55.7 Å². The second-order valence-corrected chi connectivity index (χ2v) is 7.18. The highest BCUT2D eigenvalue weighted by Crippen LogP contribution is 2.34. The minimum atomic E-state index is -0.185. The van der Waals surface area contributed by atoms with Crippen LogP contribution in [0.15, 0.2) is 34.2 Å². The van der Waals surface area contributed by atoms with Gasteiger partial charge in [-0.3, -0.25) is 4.99 Å². The molecule has 1 aromatic rings. The van der Waals surface area contributed by atoms with Crippen molar-refractivity contribution in [1.82, 2.24) is 10.6 Å².